The minimum absolute atomic E-state index is 0.110. The number of aromatic nitrogens is 2. The number of amides is 1. The van der Waals surface area contributed by atoms with Crippen molar-refractivity contribution in [3.63, 3.8) is 0 Å². The molecule has 0 aromatic carbocycles. The van der Waals surface area contributed by atoms with E-state index in [4.69, 9.17) is 0 Å². The lowest BCUT2D eigenvalue weighted by atomic mass is 10.0. The summed E-state index contributed by atoms with van der Waals surface area (Å²) in [6.45, 7) is 4.78. The fourth-order valence-electron chi connectivity index (χ4n) is 2.80. The summed E-state index contributed by atoms with van der Waals surface area (Å²) in [7, 11) is 1.78. The molecule has 2 rings (SSSR count). The highest BCUT2D eigenvalue weighted by molar-refractivity contribution is 5.97. The van der Waals surface area contributed by atoms with Crippen LogP contribution in [0.15, 0.2) is 6.20 Å². The second kappa shape index (κ2) is 7.38. The number of hydrogen-bond donors (Lipinski definition) is 2. The Bertz CT molecular complexity index is 481. The molecular formula is C16H26N4O. The normalized spacial score (nSPS) is 15.4. The van der Waals surface area contributed by atoms with Crippen LogP contribution in [0.4, 0.5) is 5.69 Å². The average molecular weight is 290 g/mol. The van der Waals surface area contributed by atoms with Crippen molar-refractivity contribution in [2.24, 2.45) is 5.92 Å². The number of carbonyl (C=O) groups is 1. The molecule has 0 radical (unpaired) electrons. The topological polar surface area (TPSA) is 66.9 Å². The molecule has 5 nitrogen and oxygen atoms in total. The maximum Gasteiger partial charge on any atom is 0.272 e. The third kappa shape index (κ3) is 4.16. The van der Waals surface area contributed by atoms with Crippen LogP contribution in [0.2, 0.25) is 0 Å². The Labute approximate surface area is 127 Å². The SMILES string of the molecule is CNc1cnc(C(C)C)nc1C(=O)NCCC1CCCC1. The second-order valence-corrected chi connectivity index (χ2v) is 6.09. The first-order valence-corrected chi connectivity index (χ1v) is 7.94. The van der Waals surface area contributed by atoms with Crippen molar-refractivity contribution in [2.75, 3.05) is 18.9 Å². The first-order valence-electron chi connectivity index (χ1n) is 7.94. The Balaban J connectivity index is 1.97. The van der Waals surface area contributed by atoms with Gasteiger partial charge in [-0.25, -0.2) is 9.97 Å². The standard InChI is InChI=1S/C16H26N4O/c1-11(2)15-19-10-13(17-3)14(20-15)16(21)18-9-8-12-6-4-5-7-12/h10-12,17H,4-9H2,1-3H3,(H,18,21). The van der Waals surface area contributed by atoms with Gasteiger partial charge >= 0.3 is 0 Å². The van der Waals surface area contributed by atoms with Gasteiger partial charge in [0.15, 0.2) is 5.69 Å². The van der Waals surface area contributed by atoms with Crippen LogP contribution >= 0.6 is 0 Å². The van der Waals surface area contributed by atoms with E-state index in [0.29, 0.717) is 17.2 Å². The second-order valence-electron chi connectivity index (χ2n) is 6.09. The Morgan fingerprint density at radius 1 is 1.38 bits per heavy atom. The monoisotopic (exact) mass is 290 g/mol. The third-order valence-corrected chi connectivity index (χ3v) is 4.12. The van der Waals surface area contributed by atoms with Crippen molar-refractivity contribution in [1.82, 2.24) is 15.3 Å². The summed E-state index contributed by atoms with van der Waals surface area (Å²) >= 11 is 0. The molecule has 0 aliphatic heterocycles. The molecule has 1 aromatic rings. The molecule has 1 heterocycles. The van der Waals surface area contributed by atoms with E-state index in [1.807, 2.05) is 13.8 Å². The van der Waals surface area contributed by atoms with Crippen molar-refractivity contribution in [3.05, 3.63) is 17.7 Å². The molecule has 1 amide bonds. The molecule has 116 valence electrons. The number of nitrogens with zero attached hydrogens (tertiary/aromatic N) is 2. The van der Waals surface area contributed by atoms with Crippen LogP contribution in [0.1, 0.15) is 68.2 Å². The molecule has 2 N–H and O–H groups in total. The average Bonchev–Trinajstić information content (AvgIpc) is 2.99. The molecule has 0 saturated heterocycles. The predicted octanol–water partition coefficient (Wildman–Crippen LogP) is 2.95. The van der Waals surface area contributed by atoms with Gasteiger partial charge in [-0.15, -0.1) is 0 Å². The molecule has 0 atom stereocenters. The number of rotatable bonds is 6. The maximum atomic E-state index is 12.3. The first-order chi connectivity index (χ1) is 10.1. The van der Waals surface area contributed by atoms with Crippen molar-refractivity contribution in [2.45, 2.75) is 51.9 Å². The lowest BCUT2D eigenvalue weighted by Crippen LogP contribution is -2.28. The van der Waals surface area contributed by atoms with E-state index in [1.165, 1.54) is 25.7 Å². The largest absolute Gasteiger partial charge is 0.385 e. The number of nitrogens with one attached hydrogen (secondary N) is 2. The van der Waals surface area contributed by atoms with Crippen molar-refractivity contribution < 1.29 is 4.79 Å². The van der Waals surface area contributed by atoms with Gasteiger partial charge in [0.1, 0.15) is 5.82 Å². The lowest BCUT2D eigenvalue weighted by Gasteiger charge is -2.13. The van der Waals surface area contributed by atoms with Gasteiger partial charge in [-0.05, 0) is 12.3 Å². The minimum atomic E-state index is -0.110. The summed E-state index contributed by atoms with van der Waals surface area (Å²) in [6, 6.07) is 0. The first kappa shape index (κ1) is 15.7. The van der Waals surface area contributed by atoms with Crippen LogP contribution in [0.3, 0.4) is 0 Å². The van der Waals surface area contributed by atoms with Gasteiger partial charge in [0.05, 0.1) is 11.9 Å². The van der Waals surface area contributed by atoms with Gasteiger partial charge in [0.2, 0.25) is 0 Å². The predicted molar refractivity (Wildman–Crippen MR) is 84.6 cm³/mol. The quantitative estimate of drug-likeness (QED) is 0.845. The van der Waals surface area contributed by atoms with E-state index >= 15 is 0 Å². The molecule has 1 aliphatic carbocycles. The van der Waals surface area contributed by atoms with Gasteiger partial charge < -0.3 is 10.6 Å². The molecule has 0 unspecified atom stereocenters. The molecule has 0 spiro atoms. The molecule has 1 aliphatic rings. The zero-order chi connectivity index (χ0) is 15.2. The molecule has 1 fully saturated rings. The molecular weight excluding hydrogens is 264 g/mol. The summed E-state index contributed by atoms with van der Waals surface area (Å²) in [5.41, 5.74) is 1.13. The molecule has 5 heteroatoms. The van der Waals surface area contributed by atoms with Crippen molar-refractivity contribution in [3.8, 4) is 0 Å². The van der Waals surface area contributed by atoms with Crippen LogP contribution < -0.4 is 10.6 Å². The van der Waals surface area contributed by atoms with Gasteiger partial charge in [-0.1, -0.05) is 39.5 Å². The summed E-state index contributed by atoms with van der Waals surface area (Å²) in [5, 5.41) is 5.99. The van der Waals surface area contributed by atoms with E-state index in [0.717, 1.165) is 18.9 Å². The highest BCUT2D eigenvalue weighted by Crippen LogP contribution is 2.27. The summed E-state index contributed by atoms with van der Waals surface area (Å²) in [6.07, 6.45) is 8.06. The summed E-state index contributed by atoms with van der Waals surface area (Å²) in [4.78, 5) is 21.0. The fourth-order valence-corrected chi connectivity index (χ4v) is 2.80. The Kier molecular flexibility index (Phi) is 5.53. The van der Waals surface area contributed by atoms with Gasteiger partial charge in [-0.3, -0.25) is 4.79 Å². The van der Waals surface area contributed by atoms with Crippen LogP contribution in [0.5, 0.6) is 0 Å². The van der Waals surface area contributed by atoms with Crippen LogP contribution in [-0.2, 0) is 0 Å². The van der Waals surface area contributed by atoms with E-state index in [-0.39, 0.29) is 11.8 Å². The fraction of sp³-hybridized carbons (Fsp3) is 0.688. The molecule has 0 bridgehead atoms. The Morgan fingerprint density at radius 2 is 2.10 bits per heavy atom. The van der Waals surface area contributed by atoms with Crippen molar-refractivity contribution in [1.29, 1.82) is 0 Å². The number of hydrogen-bond acceptors (Lipinski definition) is 4. The minimum Gasteiger partial charge on any atom is -0.385 e. The zero-order valence-corrected chi connectivity index (χ0v) is 13.3. The van der Waals surface area contributed by atoms with Crippen molar-refractivity contribution >= 4 is 11.6 Å². The summed E-state index contributed by atoms with van der Waals surface area (Å²) < 4.78 is 0. The van der Waals surface area contributed by atoms with Crippen LogP contribution in [-0.4, -0.2) is 29.5 Å². The maximum absolute atomic E-state index is 12.3. The highest BCUT2D eigenvalue weighted by atomic mass is 16.1. The third-order valence-electron chi connectivity index (χ3n) is 4.12. The molecule has 1 aromatic heterocycles. The number of carbonyl (C=O) groups excluding carboxylic acids is 1. The molecule has 21 heavy (non-hydrogen) atoms. The van der Waals surface area contributed by atoms with E-state index in [9.17, 15) is 4.79 Å². The van der Waals surface area contributed by atoms with Crippen LogP contribution in [0, 0.1) is 5.92 Å². The smallest absolute Gasteiger partial charge is 0.272 e. The zero-order valence-electron chi connectivity index (χ0n) is 13.3. The summed E-state index contributed by atoms with van der Waals surface area (Å²) in [5.74, 6) is 1.59. The van der Waals surface area contributed by atoms with Gasteiger partial charge in [-0.2, -0.15) is 0 Å². The molecule has 1 saturated carbocycles. The van der Waals surface area contributed by atoms with Gasteiger partial charge in [0, 0.05) is 19.5 Å². The lowest BCUT2D eigenvalue weighted by molar-refractivity contribution is 0.0947. The van der Waals surface area contributed by atoms with E-state index in [2.05, 4.69) is 20.6 Å². The Morgan fingerprint density at radius 3 is 2.71 bits per heavy atom. The van der Waals surface area contributed by atoms with E-state index < -0.39 is 0 Å². The number of anilines is 1. The van der Waals surface area contributed by atoms with E-state index in [1.54, 1.807) is 13.2 Å². The Hall–Kier alpha value is -1.65. The highest BCUT2D eigenvalue weighted by Gasteiger charge is 2.18. The van der Waals surface area contributed by atoms with Gasteiger partial charge in [0.25, 0.3) is 5.91 Å². The van der Waals surface area contributed by atoms with Crippen LogP contribution in [0.25, 0.3) is 0 Å².